The lowest BCUT2D eigenvalue weighted by Gasteiger charge is -2.34. The summed E-state index contributed by atoms with van der Waals surface area (Å²) in [5.74, 6) is 0. The largest absolute Gasteiger partial charge is 0.308 e. The number of rotatable bonds is 5. The van der Waals surface area contributed by atoms with Crippen molar-refractivity contribution < 1.29 is 0 Å². The first-order valence-corrected chi connectivity index (χ1v) is 11.2. The van der Waals surface area contributed by atoms with Crippen LogP contribution in [0.3, 0.4) is 0 Å². The van der Waals surface area contributed by atoms with E-state index in [9.17, 15) is 9.59 Å². The highest BCUT2D eigenvalue weighted by Gasteiger charge is 2.29. The van der Waals surface area contributed by atoms with E-state index in [1.165, 1.54) is 0 Å². The molecule has 1 N–H and O–H groups in total. The van der Waals surface area contributed by atoms with Crippen LogP contribution in [0.1, 0.15) is 30.1 Å². The molecule has 1 atom stereocenters. The minimum absolute atomic E-state index is 0.00273. The Morgan fingerprint density at radius 3 is 2.61 bits per heavy atom. The van der Waals surface area contributed by atoms with E-state index in [1.807, 2.05) is 17.6 Å². The third-order valence-corrected chi connectivity index (χ3v) is 6.94. The predicted octanol–water partition coefficient (Wildman–Crippen LogP) is 2.33. The molecule has 0 spiro atoms. The van der Waals surface area contributed by atoms with E-state index in [-0.39, 0.29) is 17.2 Å². The Bertz CT molecular complexity index is 1240. The van der Waals surface area contributed by atoms with Crippen LogP contribution in [0, 0.1) is 6.92 Å². The van der Waals surface area contributed by atoms with E-state index >= 15 is 0 Å². The highest BCUT2D eigenvalue weighted by molar-refractivity contribution is 6.31. The molecule has 0 aromatic carbocycles. The highest BCUT2D eigenvalue weighted by Crippen LogP contribution is 2.25. The van der Waals surface area contributed by atoms with Gasteiger partial charge in [-0.25, -0.2) is 0 Å². The van der Waals surface area contributed by atoms with Gasteiger partial charge in [0.25, 0.3) is 11.1 Å². The number of hydrogen-bond acceptors (Lipinski definition) is 5. The Morgan fingerprint density at radius 2 is 1.87 bits per heavy atom. The molecular formula is C23H26ClN5O2. The van der Waals surface area contributed by atoms with Gasteiger partial charge >= 0.3 is 0 Å². The first-order chi connectivity index (χ1) is 15.0. The molecule has 1 fully saturated rings. The fourth-order valence-corrected chi connectivity index (χ4v) is 4.96. The number of aryl methyl sites for hydroxylation is 1. The molecule has 162 valence electrons. The smallest absolute Gasteiger partial charge is 0.252 e. The number of likely N-dealkylation sites (tertiary alicyclic amines) is 1. The summed E-state index contributed by atoms with van der Waals surface area (Å²) in [4.78, 5) is 31.7. The van der Waals surface area contributed by atoms with Crippen molar-refractivity contribution in [3.8, 4) is 0 Å². The maximum absolute atomic E-state index is 12.6. The summed E-state index contributed by atoms with van der Waals surface area (Å²) in [6.45, 7) is 6.02. The van der Waals surface area contributed by atoms with E-state index in [0.29, 0.717) is 17.6 Å². The zero-order valence-corrected chi connectivity index (χ0v) is 18.3. The zero-order chi connectivity index (χ0) is 21.5. The SMILES string of the molecule is Cc1cc(CNC2CCN(CC3Cn4c(=O)ccc5ccc(=O)n3c54)CC2)ncc1Cl. The Labute approximate surface area is 185 Å². The zero-order valence-electron chi connectivity index (χ0n) is 17.6. The molecule has 1 saturated heterocycles. The van der Waals surface area contributed by atoms with Gasteiger partial charge in [-0.1, -0.05) is 11.6 Å². The predicted molar refractivity (Wildman–Crippen MR) is 122 cm³/mol. The second-order valence-corrected chi connectivity index (χ2v) is 9.04. The standard InChI is InChI=1S/C23H26ClN5O2/c1-15-10-18(26-12-20(15)24)11-25-17-6-8-27(9-7-17)13-19-14-28-21(30)4-2-16-3-5-22(31)29(19)23(16)28/h2-5,10,12,17,19,25H,6-9,11,13-14H2,1H3. The summed E-state index contributed by atoms with van der Waals surface area (Å²) < 4.78 is 3.56. The molecule has 1 unspecified atom stereocenters. The van der Waals surface area contributed by atoms with Crippen molar-refractivity contribution in [3.63, 3.8) is 0 Å². The molecule has 0 aliphatic carbocycles. The summed E-state index contributed by atoms with van der Waals surface area (Å²) in [7, 11) is 0. The van der Waals surface area contributed by atoms with Gasteiger partial charge in [0.05, 0.1) is 16.8 Å². The monoisotopic (exact) mass is 439 g/mol. The normalized spacial score (nSPS) is 19.4. The van der Waals surface area contributed by atoms with Crippen molar-refractivity contribution in [2.75, 3.05) is 19.6 Å². The van der Waals surface area contributed by atoms with Crippen molar-refractivity contribution in [3.05, 3.63) is 73.5 Å². The van der Waals surface area contributed by atoms with Crippen LogP contribution in [-0.2, 0) is 13.1 Å². The summed E-state index contributed by atoms with van der Waals surface area (Å²) in [6.07, 6.45) is 3.81. The van der Waals surface area contributed by atoms with Crippen molar-refractivity contribution in [1.29, 1.82) is 0 Å². The minimum atomic E-state index is -0.0386. The first kappa shape index (κ1) is 20.4. The molecule has 5 heterocycles. The summed E-state index contributed by atoms with van der Waals surface area (Å²) in [5, 5.41) is 5.25. The van der Waals surface area contributed by atoms with Crippen molar-refractivity contribution in [2.45, 2.75) is 44.9 Å². The molecule has 8 heteroatoms. The number of pyridine rings is 3. The Kier molecular flexibility index (Phi) is 5.42. The van der Waals surface area contributed by atoms with E-state index in [2.05, 4.69) is 15.2 Å². The number of hydrogen-bond donors (Lipinski definition) is 1. The fraction of sp³-hybridized carbons (Fsp3) is 0.435. The molecule has 3 aromatic rings. The first-order valence-electron chi connectivity index (χ1n) is 10.8. The molecular weight excluding hydrogens is 414 g/mol. The van der Waals surface area contributed by atoms with Crippen LogP contribution >= 0.6 is 11.6 Å². The third kappa shape index (κ3) is 3.93. The quantitative estimate of drug-likeness (QED) is 0.660. The minimum Gasteiger partial charge on any atom is -0.308 e. The van der Waals surface area contributed by atoms with Gasteiger partial charge in [-0.3, -0.25) is 23.7 Å². The van der Waals surface area contributed by atoms with Crippen LogP contribution in [0.15, 0.2) is 46.1 Å². The fourth-order valence-electron chi connectivity index (χ4n) is 4.85. The van der Waals surface area contributed by atoms with E-state index in [4.69, 9.17) is 11.6 Å². The summed E-state index contributed by atoms with van der Waals surface area (Å²) >= 11 is 6.06. The molecule has 0 radical (unpaired) electrons. The average Bonchev–Trinajstić information content (AvgIpc) is 3.15. The molecule has 31 heavy (non-hydrogen) atoms. The Hall–Kier alpha value is -2.48. The van der Waals surface area contributed by atoms with Gasteiger partial charge in [0.2, 0.25) is 0 Å². The molecule has 0 amide bonds. The second kappa shape index (κ2) is 8.22. The maximum Gasteiger partial charge on any atom is 0.252 e. The highest BCUT2D eigenvalue weighted by atomic mass is 35.5. The topological polar surface area (TPSA) is 72.2 Å². The number of piperidine rings is 1. The average molecular weight is 440 g/mol. The van der Waals surface area contributed by atoms with Gasteiger partial charge < -0.3 is 10.2 Å². The Morgan fingerprint density at radius 1 is 1.13 bits per heavy atom. The van der Waals surface area contributed by atoms with E-state index < -0.39 is 0 Å². The van der Waals surface area contributed by atoms with Gasteiger partial charge in [-0.15, -0.1) is 0 Å². The molecule has 3 aromatic heterocycles. The molecule has 0 bridgehead atoms. The van der Waals surface area contributed by atoms with E-state index in [0.717, 1.165) is 61.3 Å². The van der Waals surface area contributed by atoms with Crippen LogP contribution < -0.4 is 16.4 Å². The van der Waals surface area contributed by atoms with Gasteiger partial charge in [0, 0.05) is 49.4 Å². The molecule has 2 aliphatic heterocycles. The number of nitrogens with one attached hydrogen (secondary N) is 1. The molecule has 0 saturated carbocycles. The summed E-state index contributed by atoms with van der Waals surface area (Å²) in [5.41, 5.74) is 2.74. The number of aromatic nitrogens is 3. The lowest BCUT2D eigenvalue weighted by atomic mass is 10.0. The van der Waals surface area contributed by atoms with Crippen LogP contribution in [0.4, 0.5) is 0 Å². The lowest BCUT2D eigenvalue weighted by Crippen LogP contribution is -2.44. The lowest BCUT2D eigenvalue weighted by molar-refractivity contribution is 0.171. The van der Waals surface area contributed by atoms with Gasteiger partial charge in [0.1, 0.15) is 5.65 Å². The molecule has 5 rings (SSSR count). The van der Waals surface area contributed by atoms with Crippen molar-refractivity contribution in [1.82, 2.24) is 24.3 Å². The number of nitrogens with zero attached hydrogens (tertiary/aromatic N) is 4. The van der Waals surface area contributed by atoms with Crippen molar-refractivity contribution in [2.24, 2.45) is 0 Å². The summed E-state index contributed by atoms with van der Waals surface area (Å²) in [6, 6.07) is 9.29. The van der Waals surface area contributed by atoms with Crippen molar-refractivity contribution >= 4 is 22.6 Å². The van der Waals surface area contributed by atoms with Crippen LogP contribution in [0.2, 0.25) is 5.02 Å². The third-order valence-electron chi connectivity index (χ3n) is 6.55. The van der Waals surface area contributed by atoms with Crippen LogP contribution in [0.25, 0.3) is 11.0 Å². The molecule has 7 nitrogen and oxygen atoms in total. The van der Waals surface area contributed by atoms with Gasteiger partial charge in [-0.05, 0) is 56.6 Å². The number of halogens is 1. The second-order valence-electron chi connectivity index (χ2n) is 8.64. The Balaban J connectivity index is 1.21. The van der Waals surface area contributed by atoms with Gasteiger partial charge in [-0.2, -0.15) is 0 Å². The van der Waals surface area contributed by atoms with Gasteiger partial charge in [0.15, 0.2) is 0 Å². The van der Waals surface area contributed by atoms with Crippen LogP contribution in [-0.4, -0.2) is 44.7 Å². The molecule has 2 aliphatic rings. The maximum atomic E-state index is 12.6. The van der Waals surface area contributed by atoms with E-state index in [1.54, 1.807) is 35.0 Å². The van der Waals surface area contributed by atoms with Crippen LogP contribution in [0.5, 0.6) is 0 Å².